The van der Waals surface area contributed by atoms with Crippen LogP contribution in [0, 0.1) is 0 Å². The fourth-order valence-electron chi connectivity index (χ4n) is 0.0292. The molecule has 6 heavy (non-hydrogen) atoms. The topological polar surface area (TPSA) is 9.23 Å². The lowest BCUT2D eigenvalue weighted by atomic mass is 11.5. The van der Waals surface area contributed by atoms with Gasteiger partial charge in [-0.25, -0.2) is 0 Å². The van der Waals surface area contributed by atoms with Gasteiger partial charge in [-0.2, -0.15) is 9.90 Å². The molecule has 0 aliphatic carbocycles. The Morgan fingerprint density at radius 3 is 1.50 bits per heavy atom. The lowest BCUT2D eigenvalue weighted by Crippen LogP contribution is -1.78. The zero-order chi connectivity index (χ0) is 4.12. The maximum absolute atomic E-state index is 4.99. The lowest BCUT2D eigenvalue weighted by Gasteiger charge is -1.82. The van der Waals surface area contributed by atoms with E-state index in [0.717, 1.165) is 0 Å². The molecule has 0 aromatic heterocycles. The van der Waals surface area contributed by atoms with Crippen LogP contribution in [0.1, 0.15) is 0 Å². The van der Waals surface area contributed by atoms with Crippen molar-refractivity contribution in [1.29, 1.82) is 0 Å². The van der Waals surface area contributed by atoms with E-state index in [9.17, 15) is 0 Å². The summed E-state index contributed by atoms with van der Waals surface area (Å²) in [7, 11) is 0. The monoisotopic (exact) mass is 148 g/mol. The van der Waals surface area contributed by atoms with Crippen LogP contribution in [-0.4, -0.2) is 12.1 Å². The quantitative estimate of drug-likeness (QED) is 0.426. The Morgan fingerprint density at radius 2 is 1.50 bits per heavy atom. The van der Waals surface area contributed by atoms with E-state index >= 15 is 0 Å². The number of hydrogen-bond acceptors (Lipinski definition) is 1. The van der Waals surface area contributed by atoms with E-state index in [2.05, 4.69) is 4.74 Å². The molecular formula is C2H7Cl2OP. The van der Waals surface area contributed by atoms with Crippen LogP contribution >= 0.6 is 33.1 Å². The minimum absolute atomic E-state index is 0. The molecule has 0 rings (SSSR count). The van der Waals surface area contributed by atoms with Crippen molar-refractivity contribution in [3.8, 4) is 0 Å². The van der Waals surface area contributed by atoms with Gasteiger partial charge in [0.25, 0.3) is 0 Å². The van der Waals surface area contributed by atoms with Gasteiger partial charge in [-0.1, -0.05) is 23.2 Å². The van der Waals surface area contributed by atoms with Crippen LogP contribution in [0.25, 0.3) is 0 Å². The number of ether oxygens (including phenoxy) is 1. The Labute approximate surface area is 50.6 Å². The molecule has 0 bridgehead atoms. The lowest BCUT2D eigenvalue weighted by molar-refractivity contribution is 0.232. The second kappa shape index (κ2) is 9.36. The third-order valence-corrected chi connectivity index (χ3v) is 0.463. The van der Waals surface area contributed by atoms with Crippen LogP contribution in [0.4, 0.5) is 0 Å². The van der Waals surface area contributed by atoms with Crippen LogP contribution in [0.15, 0.2) is 0 Å². The molecule has 0 amide bonds. The molecule has 40 valence electrons. The molecule has 4 heteroatoms. The molecule has 0 saturated carbocycles. The third kappa shape index (κ3) is 8.88. The van der Waals surface area contributed by atoms with Gasteiger partial charge in [0.05, 0.1) is 0 Å². The molecule has 0 N–H and O–H groups in total. The number of halogens is 2. The van der Waals surface area contributed by atoms with Crippen molar-refractivity contribution >= 4 is 33.1 Å². The van der Waals surface area contributed by atoms with E-state index in [0.29, 0.717) is 0 Å². The van der Waals surface area contributed by atoms with Gasteiger partial charge >= 0.3 is 0 Å². The molecule has 0 aliphatic heterocycles. The van der Waals surface area contributed by atoms with E-state index in [1.54, 1.807) is 0 Å². The first kappa shape index (κ1) is 10.1. The highest BCUT2D eigenvalue weighted by molar-refractivity contribution is 6.92. The average Bonchev–Trinajstić information content (AvgIpc) is 1.41. The largest absolute Gasteiger partial charge is 0.350 e. The summed E-state index contributed by atoms with van der Waals surface area (Å²) in [5.41, 5.74) is 0. The fraction of sp³-hybridized carbons (Fsp3) is 1.00. The van der Waals surface area contributed by atoms with Gasteiger partial charge in [0.2, 0.25) is 0 Å². The van der Waals surface area contributed by atoms with Gasteiger partial charge in [-0.15, -0.1) is 0 Å². The molecule has 0 aromatic rings. The van der Waals surface area contributed by atoms with E-state index in [1.165, 1.54) is 0 Å². The first-order valence-electron chi connectivity index (χ1n) is 1.11. The van der Waals surface area contributed by atoms with E-state index in [-0.39, 0.29) is 22.0 Å². The summed E-state index contributed by atoms with van der Waals surface area (Å²) >= 11 is 9.99. The minimum Gasteiger partial charge on any atom is -0.350 e. The molecule has 1 atom stereocenters. The average molecular weight is 149 g/mol. The predicted octanol–water partition coefficient (Wildman–Crippen LogP) is 1.45. The maximum atomic E-state index is 4.99. The summed E-state index contributed by atoms with van der Waals surface area (Å²) < 4.78 is 4.36. The highest BCUT2D eigenvalue weighted by Crippen LogP contribution is 1.79. The first-order chi connectivity index (χ1) is 2.41. The molecule has 0 fully saturated rings. The Hall–Kier alpha value is 0.970. The van der Waals surface area contributed by atoms with Crippen LogP contribution in [0.5, 0.6) is 0 Å². The second-order valence-corrected chi connectivity index (χ2v) is 0.859. The SMILES string of the molecule is ClCOCCl.P. The summed E-state index contributed by atoms with van der Waals surface area (Å²) in [6, 6.07) is 0.368. The van der Waals surface area contributed by atoms with Gasteiger partial charge in [0.15, 0.2) is 0 Å². The summed E-state index contributed by atoms with van der Waals surface area (Å²) in [6.07, 6.45) is 0. The van der Waals surface area contributed by atoms with Crippen LogP contribution < -0.4 is 0 Å². The van der Waals surface area contributed by atoms with Gasteiger partial charge in [-0.05, 0) is 0 Å². The van der Waals surface area contributed by atoms with Gasteiger partial charge in [-0.3, -0.25) is 0 Å². The van der Waals surface area contributed by atoms with Crippen molar-refractivity contribution in [1.82, 2.24) is 0 Å². The number of alkyl halides is 2. The van der Waals surface area contributed by atoms with Crippen molar-refractivity contribution in [3.05, 3.63) is 0 Å². The van der Waals surface area contributed by atoms with Gasteiger partial charge in [0, 0.05) is 0 Å². The summed E-state index contributed by atoms with van der Waals surface area (Å²) in [5, 5.41) is 0. The number of rotatable bonds is 2. The summed E-state index contributed by atoms with van der Waals surface area (Å²) in [6.45, 7) is 0. The minimum atomic E-state index is 0. The standard InChI is InChI=1S/C2H4Cl2O.H3P/c3-1-5-2-4;/h1-2H2;1H3. The van der Waals surface area contributed by atoms with Crippen molar-refractivity contribution in [2.45, 2.75) is 0 Å². The molecular weight excluding hydrogens is 142 g/mol. The highest BCUT2D eigenvalue weighted by Gasteiger charge is 1.68. The Kier molecular flexibility index (Phi) is 15.7. The zero-order valence-corrected chi connectivity index (χ0v) is 6.21. The molecule has 0 saturated heterocycles. The van der Waals surface area contributed by atoms with Crippen LogP contribution in [0.3, 0.4) is 0 Å². The van der Waals surface area contributed by atoms with Crippen LogP contribution in [0.2, 0.25) is 0 Å². The Morgan fingerprint density at radius 1 is 1.17 bits per heavy atom. The molecule has 0 spiro atoms. The van der Waals surface area contributed by atoms with E-state index in [4.69, 9.17) is 23.2 Å². The van der Waals surface area contributed by atoms with Crippen molar-refractivity contribution in [2.75, 3.05) is 12.1 Å². The zero-order valence-electron chi connectivity index (χ0n) is 3.29. The van der Waals surface area contributed by atoms with Crippen LogP contribution in [-0.2, 0) is 4.74 Å². The summed E-state index contributed by atoms with van der Waals surface area (Å²) in [4.78, 5) is 0. The third-order valence-electron chi connectivity index (χ3n) is 0.154. The molecule has 1 unspecified atom stereocenters. The summed E-state index contributed by atoms with van der Waals surface area (Å²) in [5.74, 6) is 0. The smallest absolute Gasteiger partial charge is 0.122 e. The van der Waals surface area contributed by atoms with E-state index < -0.39 is 0 Å². The molecule has 1 nitrogen and oxygen atoms in total. The maximum Gasteiger partial charge on any atom is 0.122 e. The van der Waals surface area contributed by atoms with Gasteiger partial charge < -0.3 is 4.74 Å². The first-order valence-corrected chi connectivity index (χ1v) is 2.18. The van der Waals surface area contributed by atoms with E-state index in [1.807, 2.05) is 0 Å². The van der Waals surface area contributed by atoms with Gasteiger partial charge in [0.1, 0.15) is 12.1 Å². The molecule has 0 aromatic carbocycles. The second-order valence-electron chi connectivity index (χ2n) is 0.422. The molecule has 0 radical (unpaired) electrons. The Balaban J connectivity index is 0. The number of hydrogen-bond donors (Lipinski definition) is 0. The predicted molar refractivity (Wildman–Crippen MR) is 33.6 cm³/mol. The Bertz CT molecular complexity index is 19.0. The van der Waals surface area contributed by atoms with Crippen molar-refractivity contribution in [3.63, 3.8) is 0 Å². The normalized spacial score (nSPS) is 7.00. The highest BCUT2D eigenvalue weighted by atomic mass is 35.5. The molecule has 0 heterocycles. The fourth-order valence-corrected chi connectivity index (χ4v) is 0.262. The molecule has 0 aliphatic rings. The van der Waals surface area contributed by atoms with Crippen molar-refractivity contribution in [2.24, 2.45) is 0 Å². The van der Waals surface area contributed by atoms with Crippen molar-refractivity contribution < 1.29 is 4.74 Å².